The smallest absolute Gasteiger partial charge is 0.265 e. The van der Waals surface area contributed by atoms with E-state index in [1.165, 1.54) is 57.6 Å². The summed E-state index contributed by atoms with van der Waals surface area (Å²) in [6.07, 6.45) is 0. The number of sulfonamides is 1. The van der Waals surface area contributed by atoms with Crippen molar-refractivity contribution in [2.75, 3.05) is 45.8 Å². The molecule has 0 saturated heterocycles. The molecule has 1 unspecified atom stereocenters. The largest absolute Gasteiger partial charge is 0.497 e. The summed E-state index contributed by atoms with van der Waals surface area (Å²) in [4.78, 5) is 28.7. The minimum Gasteiger partial charge on any atom is -0.497 e. The second-order valence-electron chi connectivity index (χ2n) is 10.5. The molecule has 0 aliphatic carbocycles. The average molecular weight is 707 g/mol. The van der Waals surface area contributed by atoms with Crippen molar-refractivity contribution in [2.45, 2.75) is 38.3 Å². The van der Waals surface area contributed by atoms with Crippen LogP contribution in [-0.2, 0) is 26.2 Å². The second kappa shape index (κ2) is 15.8. The highest BCUT2D eigenvalue weighted by Crippen LogP contribution is 2.37. The molecule has 244 valence electrons. The molecule has 2 amide bonds. The van der Waals surface area contributed by atoms with Gasteiger partial charge in [-0.25, -0.2) is 8.42 Å². The van der Waals surface area contributed by atoms with E-state index in [1.807, 2.05) is 38.1 Å². The molecular formula is C32H40BrN3O8S. The monoisotopic (exact) mass is 705 g/mol. The van der Waals surface area contributed by atoms with E-state index in [4.69, 9.17) is 18.9 Å². The Hall–Kier alpha value is -3.97. The van der Waals surface area contributed by atoms with Gasteiger partial charge < -0.3 is 29.2 Å². The predicted molar refractivity (Wildman–Crippen MR) is 176 cm³/mol. The lowest BCUT2D eigenvalue weighted by atomic mass is 10.1. The summed E-state index contributed by atoms with van der Waals surface area (Å²) in [5, 5.41) is 2.88. The molecule has 0 spiro atoms. The number of carbonyl (C=O) groups excluding carboxylic acids is 2. The van der Waals surface area contributed by atoms with Gasteiger partial charge in [0.05, 0.1) is 39.0 Å². The molecule has 0 heterocycles. The van der Waals surface area contributed by atoms with Crippen molar-refractivity contribution in [3.05, 3.63) is 70.7 Å². The first kappa shape index (κ1) is 35.5. The van der Waals surface area contributed by atoms with Crippen molar-refractivity contribution >= 4 is 43.5 Å². The maximum absolute atomic E-state index is 14.4. The Labute approximate surface area is 273 Å². The van der Waals surface area contributed by atoms with Gasteiger partial charge in [-0.05, 0) is 54.8 Å². The summed E-state index contributed by atoms with van der Waals surface area (Å²) in [5.41, 5.74) is 0.823. The van der Waals surface area contributed by atoms with Crippen LogP contribution in [0.5, 0.6) is 23.0 Å². The molecule has 0 bridgehead atoms. The molecule has 0 radical (unpaired) electrons. The van der Waals surface area contributed by atoms with Crippen LogP contribution >= 0.6 is 15.9 Å². The van der Waals surface area contributed by atoms with E-state index in [2.05, 4.69) is 21.2 Å². The number of amides is 2. The Balaban J connectivity index is 2.15. The lowest BCUT2D eigenvalue weighted by Gasteiger charge is -2.32. The fraction of sp³-hybridized carbons (Fsp3) is 0.375. The first-order valence-electron chi connectivity index (χ1n) is 14.1. The maximum Gasteiger partial charge on any atom is 0.265 e. The van der Waals surface area contributed by atoms with Gasteiger partial charge in [-0.15, -0.1) is 0 Å². The summed E-state index contributed by atoms with van der Waals surface area (Å²) >= 11 is 3.42. The normalized spacial score (nSPS) is 11.8. The molecule has 1 atom stereocenters. The van der Waals surface area contributed by atoms with E-state index in [-0.39, 0.29) is 40.5 Å². The van der Waals surface area contributed by atoms with Gasteiger partial charge in [-0.3, -0.25) is 13.9 Å². The number of rotatable bonds is 15. The highest BCUT2D eigenvalue weighted by atomic mass is 79.9. The first-order chi connectivity index (χ1) is 21.4. The number of benzene rings is 3. The lowest BCUT2D eigenvalue weighted by Crippen LogP contribution is -2.51. The molecular weight excluding hydrogens is 666 g/mol. The third kappa shape index (κ3) is 8.82. The van der Waals surface area contributed by atoms with E-state index in [0.29, 0.717) is 18.0 Å². The number of carbonyl (C=O) groups is 2. The number of nitrogens with one attached hydrogen (secondary N) is 1. The lowest BCUT2D eigenvalue weighted by molar-refractivity contribution is -0.139. The molecule has 0 fully saturated rings. The molecule has 13 heteroatoms. The van der Waals surface area contributed by atoms with Crippen LogP contribution in [0.1, 0.15) is 26.3 Å². The zero-order chi connectivity index (χ0) is 33.3. The molecule has 11 nitrogen and oxygen atoms in total. The van der Waals surface area contributed by atoms with Crippen LogP contribution < -0.4 is 28.6 Å². The van der Waals surface area contributed by atoms with Gasteiger partial charge in [0.2, 0.25) is 11.8 Å². The van der Waals surface area contributed by atoms with Crippen LogP contribution in [0.15, 0.2) is 70.0 Å². The van der Waals surface area contributed by atoms with E-state index in [0.717, 1.165) is 14.3 Å². The number of ether oxygens (including phenoxy) is 4. The van der Waals surface area contributed by atoms with Crippen molar-refractivity contribution in [1.29, 1.82) is 0 Å². The SMILES string of the molecule is COc1ccc(OC)c(N(CC(=O)N(Cc2ccc(Br)cc2)C(C)C(=O)NCC(C)C)S(=O)(=O)c2ccc(OC)c(OC)c2)c1. The highest BCUT2D eigenvalue weighted by molar-refractivity contribution is 9.10. The van der Waals surface area contributed by atoms with Crippen LogP contribution in [0.25, 0.3) is 0 Å². The summed E-state index contributed by atoms with van der Waals surface area (Å²) in [7, 11) is 1.24. The Morgan fingerprint density at radius 2 is 1.44 bits per heavy atom. The standard InChI is InChI=1S/C32H40BrN3O8S/c1-21(2)18-34-32(38)22(3)35(19-23-8-10-24(33)11-9-23)31(37)20-36(27-16-25(41-4)12-14-28(27)42-5)45(39,40)26-13-15-29(43-6)30(17-26)44-7/h8-17,21-22H,18-20H2,1-7H3,(H,34,38). The number of anilines is 1. The van der Waals surface area contributed by atoms with Gasteiger partial charge in [0.15, 0.2) is 11.5 Å². The topological polar surface area (TPSA) is 124 Å². The van der Waals surface area contributed by atoms with Crippen molar-refractivity contribution < 1.29 is 37.0 Å². The Morgan fingerprint density at radius 1 is 0.822 bits per heavy atom. The molecule has 1 N–H and O–H groups in total. The van der Waals surface area contributed by atoms with Gasteiger partial charge in [0.25, 0.3) is 10.0 Å². The third-order valence-electron chi connectivity index (χ3n) is 6.99. The van der Waals surface area contributed by atoms with Gasteiger partial charge in [-0.2, -0.15) is 0 Å². The molecule has 0 aliphatic heterocycles. The summed E-state index contributed by atoms with van der Waals surface area (Å²) in [5.74, 6) is 0.282. The fourth-order valence-corrected chi connectivity index (χ4v) is 6.13. The summed E-state index contributed by atoms with van der Waals surface area (Å²) < 4.78 is 52.1. The quantitative estimate of drug-likeness (QED) is 0.238. The van der Waals surface area contributed by atoms with Gasteiger partial charge in [-0.1, -0.05) is 41.9 Å². The van der Waals surface area contributed by atoms with E-state index in [1.54, 1.807) is 19.1 Å². The van der Waals surface area contributed by atoms with Gasteiger partial charge in [0.1, 0.15) is 24.1 Å². The van der Waals surface area contributed by atoms with Crippen molar-refractivity contribution in [1.82, 2.24) is 10.2 Å². The van der Waals surface area contributed by atoms with Gasteiger partial charge >= 0.3 is 0 Å². The van der Waals surface area contributed by atoms with Gasteiger partial charge in [0, 0.05) is 29.7 Å². The van der Waals surface area contributed by atoms with E-state index >= 15 is 0 Å². The molecule has 45 heavy (non-hydrogen) atoms. The molecule has 0 aromatic heterocycles. The molecule has 3 aromatic rings. The number of hydrogen-bond acceptors (Lipinski definition) is 8. The van der Waals surface area contributed by atoms with E-state index in [9.17, 15) is 18.0 Å². The average Bonchev–Trinajstić information content (AvgIpc) is 3.04. The van der Waals surface area contributed by atoms with Crippen LogP contribution in [0.2, 0.25) is 0 Å². The Kier molecular flexibility index (Phi) is 12.5. The Bertz CT molecular complexity index is 1580. The zero-order valence-corrected chi connectivity index (χ0v) is 28.9. The first-order valence-corrected chi connectivity index (χ1v) is 16.4. The number of nitrogens with zero attached hydrogens (tertiary/aromatic N) is 2. The minimum absolute atomic E-state index is 0.0574. The predicted octanol–water partition coefficient (Wildman–Crippen LogP) is 4.87. The van der Waals surface area contributed by atoms with Crippen LogP contribution in [0, 0.1) is 5.92 Å². The zero-order valence-electron chi connectivity index (χ0n) is 26.5. The molecule has 3 rings (SSSR count). The number of hydrogen-bond donors (Lipinski definition) is 1. The molecule has 3 aromatic carbocycles. The Morgan fingerprint density at radius 3 is 2.02 bits per heavy atom. The number of halogens is 1. The molecule has 0 saturated carbocycles. The summed E-state index contributed by atoms with van der Waals surface area (Å²) in [6, 6.07) is 15.2. The van der Waals surface area contributed by atoms with Crippen molar-refractivity contribution in [3.63, 3.8) is 0 Å². The van der Waals surface area contributed by atoms with Crippen LogP contribution in [-0.4, -0.2) is 72.7 Å². The highest BCUT2D eigenvalue weighted by Gasteiger charge is 2.34. The minimum atomic E-state index is -4.44. The third-order valence-corrected chi connectivity index (χ3v) is 9.28. The van der Waals surface area contributed by atoms with Crippen molar-refractivity contribution in [3.8, 4) is 23.0 Å². The van der Waals surface area contributed by atoms with Crippen LogP contribution in [0.4, 0.5) is 5.69 Å². The van der Waals surface area contributed by atoms with Crippen molar-refractivity contribution in [2.24, 2.45) is 5.92 Å². The molecule has 0 aliphatic rings. The van der Waals surface area contributed by atoms with E-state index < -0.39 is 28.5 Å². The fourth-order valence-electron chi connectivity index (χ4n) is 4.43. The summed E-state index contributed by atoms with van der Waals surface area (Å²) in [6.45, 7) is 5.37. The van der Waals surface area contributed by atoms with Crippen LogP contribution in [0.3, 0.4) is 0 Å². The second-order valence-corrected chi connectivity index (χ2v) is 13.3. The number of methoxy groups -OCH3 is 4. The maximum atomic E-state index is 14.4.